The van der Waals surface area contributed by atoms with Crippen molar-refractivity contribution in [2.45, 2.75) is 108 Å². The summed E-state index contributed by atoms with van der Waals surface area (Å²) in [5.74, 6) is 1.14. The van der Waals surface area contributed by atoms with Gasteiger partial charge in [0.1, 0.15) is 5.82 Å². The molecular formula is C34H52N4O5. The average molecular weight is 597 g/mol. The van der Waals surface area contributed by atoms with Gasteiger partial charge in [-0.2, -0.15) is 0 Å². The molecule has 43 heavy (non-hydrogen) atoms. The summed E-state index contributed by atoms with van der Waals surface area (Å²) in [6, 6.07) is 13.5. The second-order valence-electron chi connectivity index (χ2n) is 11.8. The number of phenolic OH excluding ortho intramolecular Hbond substituents is 1. The van der Waals surface area contributed by atoms with Gasteiger partial charge >= 0.3 is 0 Å². The minimum atomic E-state index is -0.630. The molecule has 1 aromatic carbocycles. The van der Waals surface area contributed by atoms with Gasteiger partial charge in [0.05, 0.1) is 24.9 Å². The summed E-state index contributed by atoms with van der Waals surface area (Å²) < 4.78 is 6.04. The average Bonchev–Trinajstić information content (AvgIpc) is 3.49. The van der Waals surface area contributed by atoms with Gasteiger partial charge in [-0.3, -0.25) is 0 Å². The van der Waals surface area contributed by atoms with Gasteiger partial charge in [-0.15, -0.1) is 0 Å². The lowest BCUT2D eigenvalue weighted by atomic mass is 9.92. The molecule has 238 valence electrons. The van der Waals surface area contributed by atoms with Gasteiger partial charge in [-0.25, -0.2) is 4.98 Å². The van der Waals surface area contributed by atoms with E-state index in [9.17, 15) is 20.4 Å². The van der Waals surface area contributed by atoms with Gasteiger partial charge in [0.15, 0.2) is 11.5 Å². The van der Waals surface area contributed by atoms with Gasteiger partial charge in [-0.1, -0.05) is 25.8 Å². The van der Waals surface area contributed by atoms with Gasteiger partial charge < -0.3 is 41.2 Å². The van der Waals surface area contributed by atoms with Gasteiger partial charge in [0.25, 0.3) is 0 Å². The van der Waals surface area contributed by atoms with Gasteiger partial charge in [0.2, 0.25) is 0 Å². The van der Waals surface area contributed by atoms with Crippen LogP contribution in [0.4, 0.5) is 5.82 Å². The number of nitrogen functional groups attached to an aromatic ring is 1. The molecule has 0 spiro atoms. The van der Waals surface area contributed by atoms with E-state index in [2.05, 4.69) is 28.3 Å². The Morgan fingerprint density at radius 3 is 2.53 bits per heavy atom. The molecule has 0 unspecified atom stereocenters. The fourth-order valence-electron chi connectivity index (χ4n) is 5.42. The van der Waals surface area contributed by atoms with E-state index in [4.69, 9.17) is 10.5 Å². The number of aryl methyl sites for hydroxylation is 1. The topological polar surface area (TPSA) is 157 Å². The number of hydrogen-bond acceptors (Lipinski definition) is 8. The Morgan fingerprint density at radius 2 is 1.81 bits per heavy atom. The maximum absolute atomic E-state index is 10.6. The minimum Gasteiger partial charge on any atom is -0.504 e. The number of anilines is 1. The van der Waals surface area contributed by atoms with Crippen LogP contribution in [0.25, 0.3) is 0 Å². The van der Waals surface area contributed by atoms with Crippen molar-refractivity contribution in [1.29, 1.82) is 0 Å². The Hall–Kier alpha value is -3.11. The summed E-state index contributed by atoms with van der Waals surface area (Å²) >= 11 is 0. The fourth-order valence-corrected chi connectivity index (χ4v) is 5.42. The number of aliphatic hydroxyl groups is 3. The first-order valence-corrected chi connectivity index (χ1v) is 15.8. The third kappa shape index (κ3) is 13.0. The summed E-state index contributed by atoms with van der Waals surface area (Å²) in [5.41, 5.74) is 9.11. The molecule has 8 N–H and O–H groups in total. The number of rotatable bonds is 21. The van der Waals surface area contributed by atoms with E-state index in [1.165, 1.54) is 0 Å². The summed E-state index contributed by atoms with van der Waals surface area (Å²) in [7, 11) is 0. The first kappa shape index (κ1) is 34.4. The predicted octanol–water partition coefficient (Wildman–Crippen LogP) is 4.85. The van der Waals surface area contributed by atoms with E-state index < -0.39 is 18.3 Å². The Bertz CT molecular complexity index is 1170. The summed E-state index contributed by atoms with van der Waals surface area (Å²) in [5, 5.41) is 44.6. The van der Waals surface area contributed by atoms with Crippen LogP contribution in [0.15, 0.2) is 54.9 Å². The summed E-state index contributed by atoms with van der Waals surface area (Å²) in [6.07, 6.45) is 9.58. The number of aliphatic hydroxyl groups excluding tert-OH is 3. The van der Waals surface area contributed by atoms with Crippen molar-refractivity contribution in [3.63, 3.8) is 0 Å². The molecule has 3 rings (SSSR count). The largest absolute Gasteiger partial charge is 0.504 e. The molecule has 2 aromatic heterocycles. The standard InChI is InChI=1S/C34H52N4O5/c1-3-4-6-28(38-23-24(2)39)10-12-31(41)22-30(40)11-8-25-9-13-32(42)33(19-25)43-18-15-27(20-29-7-5-16-36-29)26-14-17-37-34(35)21-26/h5,7,9,13-14,16-17,19,21,24,27-28,30-31,36,38-42H,3-4,6,8,10-12,15,18,20,22-23H2,1-2H3,(H2,35,37)/t24-,27+,28+,30+,31-/m0/s1. The molecule has 3 aromatic rings. The SMILES string of the molecule is CCCC[C@H](CC[C@H](O)C[C@H](O)CCc1ccc(O)c(OCC[C@H](Cc2ccc[nH]2)c2ccnc(N)c2)c1)NC[C@H](C)O. The number of pyridine rings is 1. The maximum Gasteiger partial charge on any atom is 0.161 e. The molecule has 9 heteroatoms. The molecule has 0 saturated carbocycles. The van der Waals surface area contributed by atoms with Crippen molar-refractivity contribution in [1.82, 2.24) is 15.3 Å². The van der Waals surface area contributed by atoms with Crippen LogP contribution in [0.3, 0.4) is 0 Å². The van der Waals surface area contributed by atoms with Crippen LogP contribution in [0.5, 0.6) is 11.5 Å². The van der Waals surface area contributed by atoms with E-state index in [0.29, 0.717) is 50.4 Å². The molecule has 2 heterocycles. The lowest BCUT2D eigenvalue weighted by Gasteiger charge is -2.22. The number of aromatic nitrogens is 2. The van der Waals surface area contributed by atoms with Gasteiger partial charge in [-0.05, 0) is 112 Å². The monoisotopic (exact) mass is 596 g/mol. The first-order valence-electron chi connectivity index (χ1n) is 15.8. The van der Waals surface area contributed by atoms with Crippen molar-refractivity contribution >= 4 is 5.82 Å². The number of benzene rings is 1. The van der Waals surface area contributed by atoms with Crippen molar-refractivity contribution in [2.24, 2.45) is 0 Å². The number of phenols is 1. The summed E-state index contributed by atoms with van der Waals surface area (Å²) in [6.45, 7) is 4.87. The van der Waals surface area contributed by atoms with Crippen LogP contribution in [-0.4, -0.2) is 67.9 Å². The molecule has 5 atom stereocenters. The number of ether oxygens (including phenoxy) is 1. The van der Waals surface area contributed by atoms with Crippen LogP contribution in [0, 0.1) is 0 Å². The third-order valence-electron chi connectivity index (χ3n) is 7.92. The zero-order valence-electron chi connectivity index (χ0n) is 25.8. The number of nitrogens with zero attached hydrogens (tertiary/aromatic N) is 1. The van der Waals surface area contributed by atoms with Crippen LogP contribution in [0.2, 0.25) is 0 Å². The lowest BCUT2D eigenvalue weighted by molar-refractivity contribution is 0.0678. The fraction of sp³-hybridized carbons (Fsp3) is 0.559. The molecule has 0 amide bonds. The lowest BCUT2D eigenvalue weighted by Crippen LogP contribution is -2.35. The van der Waals surface area contributed by atoms with Crippen molar-refractivity contribution < 1.29 is 25.2 Å². The second-order valence-corrected chi connectivity index (χ2v) is 11.8. The summed E-state index contributed by atoms with van der Waals surface area (Å²) in [4.78, 5) is 7.38. The molecule has 0 aliphatic carbocycles. The highest BCUT2D eigenvalue weighted by Gasteiger charge is 2.17. The smallest absolute Gasteiger partial charge is 0.161 e. The Morgan fingerprint density at radius 1 is 1.00 bits per heavy atom. The van der Waals surface area contributed by atoms with E-state index in [0.717, 1.165) is 55.3 Å². The van der Waals surface area contributed by atoms with Crippen molar-refractivity contribution in [3.05, 3.63) is 71.7 Å². The number of aromatic amines is 1. The maximum atomic E-state index is 10.6. The molecule has 0 bridgehead atoms. The zero-order valence-corrected chi connectivity index (χ0v) is 25.8. The van der Waals surface area contributed by atoms with E-state index in [1.54, 1.807) is 19.2 Å². The first-order chi connectivity index (χ1) is 20.7. The molecule has 9 nitrogen and oxygen atoms in total. The van der Waals surface area contributed by atoms with Crippen LogP contribution < -0.4 is 15.8 Å². The number of hydrogen-bond donors (Lipinski definition) is 7. The zero-order chi connectivity index (χ0) is 31.0. The minimum absolute atomic E-state index is 0.0793. The molecule has 0 radical (unpaired) electrons. The molecule has 0 aliphatic rings. The number of unbranched alkanes of at least 4 members (excludes halogenated alkanes) is 1. The van der Waals surface area contributed by atoms with Crippen LogP contribution in [-0.2, 0) is 12.8 Å². The Kier molecular flexibility index (Phi) is 14.8. The highest BCUT2D eigenvalue weighted by molar-refractivity contribution is 5.42. The van der Waals surface area contributed by atoms with Gasteiger partial charge in [0, 0.05) is 30.7 Å². The van der Waals surface area contributed by atoms with E-state index >= 15 is 0 Å². The Labute approximate surface area is 256 Å². The number of aromatic hydroxyl groups is 1. The van der Waals surface area contributed by atoms with E-state index in [-0.39, 0.29) is 17.7 Å². The molecular weight excluding hydrogens is 544 g/mol. The van der Waals surface area contributed by atoms with Crippen LogP contribution >= 0.6 is 0 Å². The Balaban J connectivity index is 1.47. The number of H-pyrrole nitrogens is 1. The van der Waals surface area contributed by atoms with Crippen LogP contribution in [0.1, 0.15) is 88.0 Å². The van der Waals surface area contributed by atoms with Crippen molar-refractivity contribution in [3.8, 4) is 11.5 Å². The quantitative estimate of drug-likeness (QED) is 0.0920. The number of nitrogens with one attached hydrogen (secondary N) is 2. The van der Waals surface area contributed by atoms with E-state index in [1.807, 2.05) is 36.5 Å². The molecule has 0 fully saturated rings. The molecule has 0 saturated heterocycles. The normalized spacial score (nSPS) is 15.1. The molecule has 0 aliphatic heterocycles. The predicted molar refractivity (Wildman–Crippen MR) is 171 cm³/mol. The third-order valence-corrected chi connectivity index (χ3v) is 7.92. The second kappa shape index (κ2) is 18.5. The number of nitrogens with two attached hydrogens (primary N) is 1. The van der Waals surface area contributed by atoms with Crippen molar-refractivity contribution in [2.75, 3.05) is 18.9 Å². The highest BCUT2D eigenvalue weighted by atomic mass is 16.5. The highest BCUT2D eigenvalue weighted by Crippen LogP contribution is 2.30.